The van der Waals surface area contributed by atoms with Crippen molar-refractivity contribution in [3.8, 4) is 6.07 Å². The summed E-state index contributed by atoms with van der Waals surface area (Å²) >= 11 is 0. The standard InChI is InChI=1S/C17H20N4/c1-4-19-13(2)15-8-9-17(20-12-15)21(3)16-7-5-6-14(10-16)11-18/h5-10,12-13,19H,4H2,1-3H3. The summed E-state index contributed by atoms with van der Waals surface area (Å²) in [5.41, 5.74) is 2.77. The lowest BCUT2D eigenvalue weighted by atomic mass is 10.1. The van der Waals surface area contributed by atoms with Gasteiger partial charge in [0.1, 0.15) is 5.82 Å². The van der Waals surface area contributed by atoms with E-state index >= 15 is 0 Å². The van der Waals surface area contributed by atoms with Crippen LogP contribution in [-0.4, -0.2) is 18.6 Å². The second kappa shape index (κ2) is 6.87. The lowest BCUT2D eigenvalue weighted by molar-refractivity contribution is 0.596. The predicted molar refractivity (Wildman–Crippen MR) is 85.5 cm³/mol. The number of nitrogens with one attached hydrogen (secondary N) is 1. The third kappa shape index (κ3) is 3.59. The van der Waals surface area contributed by atoms with Crippen LogP contribution in [0.5, 0.6) is 0 Å². The van der Waals surface area contributed by atoms with E-state index in [1.54, 1.807) is 6.07 Å². The summed E-state index contributed by atoms with van der Waals surface area (Å²) in [4.78, 5) is 6.49. The third-order valence-corrected chi connectivity index (χ3v) is 3.49. The maximum Gasteiger partial charge on any atom is 0.132 e. The molecule has 0 aliphatic rings. The Labute approximate surface area is 126 Å². The third-order valence-electron chi connectivity index (χ3n) is 3.49. The van der Waals surface area contributed by atoms with Gasteiger partial charge in [-0.3, -0.25) is 0 Å². The van der Waals surface area contributed by atoms with Crippen LogP contribution >= 0.6 is 0 Å². The number of rotatable bonds is 5. The van der Waals surface area contributed by atoms with Gasteiger partial charge in [-0.1, -0.05) is 19.1 Å². The molecule has 0 saturated carbocycles. The number of benzene rings is 1. The quantitative estimate of drug-likeness (QED) is 0.912. The van der Waals surface area contributed by atoms with Crippen molar-refractivity contribution in [3.63, 3.8) is 0 Å². The Bertz CT molecular complexity index is 628. The fourth-order valence-corrected chi connectivity index (χ4v) is 2.19. The summed E-state index contributed by atoms with van der Waals surface area (Å²) in [6.07, 6.45) is 1.90. The van der Waals surface area contributed by atoms with Crippen molar-refractivity contribution in [2.45, 2.75) is 19.9 Å². The van der Waals surface area contributed by atoms with Gasteiger partial charge in [0.15, 0.2) is 0 Å². The van der Waals surface area contributed by atoms with E-state index < -0.39 is 0 Å². The zero-order valence-electron chi connectivity index (χ0n) is 12.7. The minimum atomic E-state index is 0.295. The van der Waals surface area contributed by atoms with Crippen molar-refractivity contribution >= 4 is 11.5 Å². The van der Waals surface area contributed by atoms with Gasteiger partial charge < -0.3 is 10.2 Å². The summed E-state index contributed by atoms with van der Waals surface area (Å²) in [5, 5.41) is 12.3. The van der Waals surface area contributed by atoms with E-state index in [9.17, 15) is 0 Å². The summed E-state index contributed by atoms with van der Waals surface area (Å²) in [6.45, 7) is 5.15. The van der Waals surface area contributed by atoms with Crippen molar-refractivity contribution < 1.29 is 0 Å². The average molecular weight is 280 g/mol. The van der Waals surface area contributed by atoms with Gasteiger partial charge >= 0.3 is 0 Å². The highest BCUT2D eigenvalue weighted by molar-refractivity contribution is 5.61. The predicted octanol–water partition coefficient (Wildman–Crippen LogP) is 3.39. The van der Waals surface area contributed by atoms with Gasteiger partial charge in [-0.25, -0.2) is 4.98 Å². The molecule has 4 heteroatoms. The summed E-state index contributed by atoms with van der Waals surface area (Å²) in [7, 11) is 1.95. The van der Waals surface area contributed by atoms with Gasteiger partial charge in [0.25, 0.3) is 0 Å². The van der Waals surface area contributed by atoms with Gasteiger partial charge in [0.05, 0.1) is 11.6 Å². The fourth-order valence-electron chi connectivity index (χ4n) is 2.19. The first kappa shape index (κ1) is 15.0. The van der Waals surface area contributed by atoms with Crippen LogP contribution in [0.25, 0.3) is 0 Å². The first-order valence-electron chi connectivity index (χ1n) is 7.09. The number of anilines is 2. The molecule has 108 valence electrons. The van der Waals surface area contributed by atoms with E-state index in [-0.39, 0.29) is 0 Å². The van der Waals surface area contributed by atoms with Crippen molar-refractivity contribution in [1.29, 1.82) is 5.26 Å². The smallest absolute Gasteiger partial charge is 0.132 e. The molecule has 0 aliphatic heterocycles. The molecule has 0 fully saturated rings. The molecular weight excluding hydrogens is 260 g/mol. The highest BCUT2D eigenvalue weighted by Gasteiger charge is 2.08. The average Bonchev–Trinajstić information content (AvgIpc) is 2.54. The topological polar surface area (TPSA) is 52.0 Å². The molecule has 0 amide bonds. The summed E-state index contributed by atoms with van der Waals surface area (Å²) < 4.78 is 0. The van der Waals surface area contributed by atoms with Crippen LogP contribution in [0.2, 0.25) is 0 Å². The SMILES string of the molecule is CCNC(C)c1ccc(N(C)c2cccc(C#N)c2)nc1. The number of pyridine rings is 1. The highest BCUT2D eigenvalue weighted by atomic mass is 15.2. The molecule has 0 aliphatic carbocycles. The van der Waals surface area contributed by atoms with Crippen molar-refractivity contribution in [2.75, 3.05) is 18.5 Å². The molecule has 1 heterocycles. The van der Waals surface area contributed by atoms with E-state index in [1.807, 2.05) is 42.4 Å². The maximum atomic E-state index is 8.97. The van der Waals surface area contributed by atoms with Crippen LogP contribution < -0.4 is 10.2 Å². The molecule has 1 unspecified atom stereocenters. The van der Waals surface area contributed by atoms with Crippen molar-refractivity contribution in [1.82, 2.24) is 10.3 Å². The van der Waals surface area contributed by atoms with E-state index in [2.05, 4.69) is 36.3 Å². The lowest BCUT2D eigenvalue weighted by Crippen LogP contribution is -2.18. The van der Waals surface area contributed by atoms with Crippen LogP contribution in [0.3, 0.4) is 0 Å². The Balaban J connectivity index is 2.19. The van der Waals surface area contributed by atoms with Crippen LogP contribution in [0.4, 0.5) is 11.5 Å². The first-order chi connectivity index (χ1) is 10.2. The number of hydrogen-bond donors (Lipinski definition) is 1. The molecule has 2 aromatic rings. The minimum absolute atomic E-state index is 0.295. The molecule has 0 spiro atoms. The Kier molecular flexibility index (Phi) is 4.91. The highest BCUT2D eigenvalue weighted by Crippen LogP contribution is 2.23. The number of aromatic nitrogens is 1. The van der Waals surface area contributed by atoms with Gasteiger partial charge in [-0.15, -0.1) is 0 Å². The van der Waals surface area contributed by atoms with Gasteiger partial charge in [0.2, 0.25) is 0 Å². The number of hydrogen-bond acceptors (Lipinski definition) is 4. The van der Waals surface area contributed by atoms with Gasteiger partial charge in [0, 0.05) is 25.0 Å². The minimum Gasteiger partial charge on any atom is -0.329 e. The molecule has 1 aromatic heterocycles. The van der Waals surface area contributed by atoms with Crippen molar-refractivity contribution in [3.05, 3.63) is 53.7 Å². The molecular formula is C17H20N4. The van der Waals surface area contributed by atoms with E-state index in [4.69, 9.17) is 5.26 Å². The molecule has 21 heavy (non-hydrogen) atoms. The Morgan fingerprint density at radius 3 is 2.76 bits per heavy atom. The number of nitrogens with zero attached hydrogens (tertiary/aromatic N) is 3. The lowest BCUT2D eigenvalue weighted by Gasteiger charge is -2.19. The summed E-state index contributed by atoms with van der Waals surface area (Å²) in [6, 6.07) is 14.0. The Morgan fingerprint density at radius 2 is 2.14 bits per heavy atom. The van der Waals surface area contributed by atoms with Crippen molar-refractivity contribution in [2.24, 2.45) is 0 Å². The van der Waals surface area contributed by atoms with E-state index in [1.165, 1.54) is 5.56 Å². The van der Waals surface area contributed by atoms with E-state index in [0.29, 0.717) is 11.6 Å². The maximum absolute atomic E-state index is 8.97. The number of nitriles is 1. The zero-order chi connectivity index (χ0) is 15.2. The van der Waals surface area contributed by atoms with Crippen LogP contribution in [0.15, 0.2) is 42.6 Å². The molecule has 0 saturated heterocycles. The van der Waals surface area contributed by atoms with Crippen LogP contribution in [0.1, 0.15) is 31.0 Å². The molecule has 0 bridgehead atoms. The van der Waals surface area contributed by atoms with Crippen LogP contribution in [-0.2, 0) is 0 Å². The molecule has 0 radical (unpaired) electrons. The largest absolute Gasteiger partial charge is 0.329 e. The molecule has 1 atom stereocenters. The van der Waals surface area contributed by atoms with E-state index in [0.717, 1.165) is 18.1 Å². The fraction of sp³-hybridized carbons (Fsp3) is 0.294. The molecule has 1 N–H and O–H groups in total. The molecule has 1 aromatic carbocycles. The normalized spacial score (nSPS) is 11.7. The van der Waals surface area contributed by atoms with Crippen LogP contribution in [0, 0.1) is 11.3 Å². The van der Waals surface area contributed by atoms with Gasteiger partial charge in [-0.2, -0.15) is 5.26 Å². The molecule has 4 nitrogen and oxygen atoms in total. The van der Waals surface area contributed by atoms with Gasteiger partial charge in [-0.05, 0) is 43.3 Å². The summed E-state index contributed by atoms with van der Waals surface area (Å²) in [5.74, 6) is 0.859. The second-order valence-corrected chi connectivity index (χ2v) is 4.95. The monoisotopic (exact) mass is 280 g/mol. The zero-order valence-corrected chi connectivity index (χ0v) is 12.7. The second-order valence-electron chi connectivity index (χ2n) is 4.95. The Hall–Kier alpha value is -2.38. The Morgan fingerprint density at radius 1 is 1.33 bits per heavy atom. The first-order valence-corrected chi connectivity index (χ1v) is 7.09. The molecule has 2 rings (SSSR count).